The predicted octanol–water partition coefficient (Wildman–Crippen LogP) is 5.25. The number of anilines is 2. The smallest absolute Gasteiger partial charge is 0.188 e. The number of nitrogens with one attached hydrogen (secondary N) is 1. The van der Waals surface area contributed by atoms with Gasteiger partial charge in [0.25, 0.3) is 0 Å². The molecule has 0 amide bonds. The highest BCUT2D eigenvalue weighted by Crippen LogP contribution is 2.31. The summed E-state index contributed by atoms with van der Waals surface area (Å²) in [6.45, 7) is 2.91. The SMILES string of the molecule is Cc1cccc(COc2ccc(Nc3ncnc4ccc(CC5=NC(CO)CO5)cc34)cc2Cl)c1. The molecule has 2 heterocycles. The standard InChI is InChI=1S/C27H25ClN4O3/c1-17-3-2-4-19(9-17)14-34-25-8-6-20(12-23(25)28)32-27-22-10-18(5-7-24(22)29-16-30-27)11-26-31-21(13-33)15-35-26/h2-10,12,16,21,33H,11,13-15H2,1H3,(H,29,30,32). The molecule has 0 saturated heterocycles. The minimum Gasteiger partial charge on any atom is -0.487 e. The second kappa shape index (κ2) is 10.3. The highest BCUT2D eigenvalue weighted by molar-refractivity contribution is 6.32. The highest BCUT2D eigenvalue weighted by atomic mass is 35.5. The van der Waals surface area contributed by atoms with Crippen molar-refractivity contribution < 1.29 is 14.6 Å². The van der Waals surface area contributed by atoms with Gasteiger partial charge in [0.15, 0.2) is 5.90 Å². The van der Waals surface area contributed by atoms with Crippen LogP contribution in [0.4, 0.5) is 11.5 Å². The second-order valence-corrected chi connectivity index (χ2v) is 8.88. The third kappa shape index (κ3) is 5.53. The summed E-state index contributed by atoms with van der Waals surface area (Å²) < 4.78 is 11.5. The molecule has 35 heavy (non-hydrogen) atoms. The van der Waals surface area contributed by atoms with Crippen LogP contribution in [0.3, 0.4) is 0 Å². The molecule has 1 aliphatic heterocycles. The van der Waals surface area contributed by atoms with Gasteiger partial charge in [-0.2, -0.15) is 0 Å². The van der Waals surface area contributed by atoms with Crippen molar-refractivity contribution in [2.45, 2.75) is 26.0 Å². The van der Waals surface area contributed by atoms with Gasteiger partial charge in [0.05, 0.1) is 17.1 Å². The first-order valence-electron chi connectivity index (χ1n) is 11.4. The maximum Gasteiger partial charge on any atom is 0.188 e. The van der Waals surface area contributed by atoms with Gasteiger partial charge >= 0.3 is 0 Å². The van der Waals surface area contributed by atoms with Crippen LogP contribution in [-0.2, 0) is 17.8 Å². The normalized spacial score (nSPS) is 15.1. The third-order valence-corrected chi connectivity index (χ3v) is 6.00. The van der Waals surface area contributed by atoms with Crippen LogP contribution in [-0.4, -0.2) is 40.2 Å². The molecule has 3 aromatic carbocycles. The van der Waals surface area contributed by atoms with Crippen molar-refractivity contribution in [1.29, 1.82) is 0 Å². The molecule has 2 N–H and O–H groups in total. The number of benzene rings is 3. The van der Waals surface area contributed by atoms with E-state index in [0.717, 1.165) is 27.7 Å². The fourth-order valence-electron chi connectivity index (χ4n) is 3.94. The number of nitrogens with zero attached hydrogens (tertiary/aromatic N) is 3. The molecule has 1 aliphatic rings. The zero-order valence-corrected chi connectivity index (χ0v) is 20.0. The number of ether oxygens (including phenoxy) is 2. The number of halogens is 1. The van der Waals surface area contributed by atoms with Crippen molar-refractivity contribution in [3.8, 4) is 5.75 Å². The summed E-state index contributed by atoms with van der Waals surface area (Å²) in [5.41, 5.74) is 4.91. The number of aliphatic hydroxyl groups excluding tert-OH is 1. The number of hydrogen-bond donors (Lipinski definition) is 2. The molecule has 1 aromatic heterocycles. The summed E-state index contributed by atoms with van der Waals surface area (Å²) in [6.07, 6.45) is 2.07. The van der Waals surface area contributed by atoms with Crippen molar-refractivity contribution in [3.63, 3.8) is 0 Å². The van der Waals surface area contributed by atoms with Crippen LogP contribution >= 0.6 is 11.6 Å². The fourth-order valence-corrected chi connectivity index (χ4v) is 4.18. The van der Waals surface area contributed by atoms with Gasteiger partial charge in [-0.15, -0.1) is 0 Å². The Morgan fingerprint density at radius 2 is 2.00 bits per heavy atom. The van der Waals surface area contributed by atoms with Crippen LogP contribution in [0.25, 0.3) is 10.9 Å². The van der Waals surface area contributed by atoms with E-state index in [0.29, 0.717) is 42.1 Å². The van der Waals surface area contributed by atoms with Gasteiger partial charge in [-0.05, 0) is 48.4 Å². The van der Waals surface area contributed by atoms with E-state index in [4.69, 9.17) is 21.1 Å². The largest absolute Gasteiger partial charge is 0.487 e. The zero-order valence-electron chi connectivity index (χ0n) is 19.2. The lowest BCUT2D eigenvalue weighted by molar-refractivity contribution is 0.226. The lowest BCUT2D eigenvalue weighted by Crippen LogP contribution is -2.10. The first kappa shape index (κ1) is 23.1. The van der Waals surface area contributed by atoms with Gasteiger partial charge in [0.2, 0.25) is 0 Å². The Balaban J connectivity index is 1.32. The van der Waals surface area contributed by atoms with E-state index < -0.39 is 0 Å². The van der Waals surface area contributed by atoms with Gasteiger partial charge in [-0.3, -0.25) is 0 Å². The summed E-state index contributed by atoms with van der Waals surface area (Å²) in [5.74, 6) is 1.92. The van der Waals surface area contributed by atoms with Gasteiger partial charge in [-0.25, -0.2) is 15.0 Å². The average molecular weight is 489 g/mol. The molecular formula is C27H25ClN4O3. The number of rotatable bonds is 8. The van der Waals surface area contributed by atoms with E-state index >= 15 is 0 Å². The molecule has 5 rings (SSSR count). The number of aliphatic imine (C=N–C) groups is 1. The van der Waals surface area contributed by atoms with E-state index in [1.54, 1.807) is 0 Å². The Bertz CT molecular complexity index is 1390. The maximum absolute atomic E-state index is 9.27. The Labute approximate surface area is 208 Å². The van der Waals surface area contributed by atoms with Crippen LogP contribution in [0.5, 0.6) is 5.75 Å². The van der Waals surface area contributed by atoms with Gasteiger partial charge in [0.1, 0.15) is 37.2 Å². The second-order valence-electron chi connectivity index (χ2n) is 8.47. The first-order valence-corrected chi connectivity index (χ1v) is 11.7. The van der Waals surface area contributed by atoms with Gasteiger partial charge in [0, 0.05) is 17.5 Å². The molecule has 0 fully saturated rings. The molecule has 0 bridgehead atoms. The zero-order chi connectivity index (χ0) is 24.2. The Morgan fingerprint density at radius 1 is 1.09 bits per heavy atom. The molecular weight excluding hydrogens is 464 g/mol. The van der Waals surface area contributed by atoms with Crippen LogP contribution in [0.2, 0.25) is 5.02 Å². The summed E-state index contributed by atoms with van der Waals surface area (Å²) in [6, 6.07) is 19.6. The Kier molecular flexibility index (Phi) is 6.79. The van der Waals surface area contributed by atoms with Crippen LogP contribution < -0.4 is 10.1 Å². The van der Waals surface area contributed by atoms with Crippen LogP contribution in [0.1, 0.15) is 16.7 Å². The molecule has 1 unspecified atom stereocenters. The van der Waals surface area contributed by atoms with E-state index in [1.807, 2.05) is 48.5 Å². The summed E-state index contributed by atoms with van der Waals surface area (Å²) in [5, 5.41) is 14.0. The molecule has 0 radical (unpaired) electrons. The molecule has 4 aromatic rings. The highest BCUT2D eigenvalue weighted by Gasteiger charge is 2.18. The van der Waals surface area contributed by atoms with E-state index in [2.05, 4.69) is 39.3 Å². The number of aromatic nitrogens is 2. The first-order chi connectivity index (χ1) is 17.1. The topological polar surface area (TPSA) is 88.9 Å². The minimum absolute atomic E-state index is 0.0125. The third-order valence-electron chi connectivity index (χ3n) is 5.71. The molecule has 0 spiro atoms. The van der Waals surface area contributed by atoms with E-state index in [1.165, 1.54) is 11.9 Å². The molecule has 0 saturated carbocycles. The molecule has 178 valence electrons. The van der Waals surface area contributed by atoms with Crippen LogP contribution in [0.15, 0.2) is 72.0 Å². The van der Waals surface area contributed by atoms with Gasteiger partial charge in [-0.1, -0.05) is 47.5 Å². The lowest BCUT2D eigenvalue weighted by Gasteiger charge is -2.12. The van der Waals surface area contributed by atoms with E-state index in [-0.39, 0.29) is 12.6 Å². The van der Waals surface area contributed by atoms with Gasteiger partial charge < -0.3 is 19.9 Å². The predicted molar refractivity (Wildman–Crippen MR) is 138 cm³/mol. The van der Waals surface area contributed by atoms with E-state index in [9.17, 15) is 5.11 Å². The Hall–Kier alpha value is -3.68. The quantitative estimate of drug-likeness (QED) is 0.352. The van der Waals surface area contributed by atoms with Crippen molar-refractivity contribution in [2.75, 3.05) is 18.5 Å². The summed E-state index contributed by atoms with van der Waals surface area (Å²) in [7, 11) is 0. The molecule has 7 nitrogen and oxygen atoms in total. The van der Waals surface area contributed by atoms with Crippen molar-refractivity contribution in [3.05, 3.63) is 88.7 Å². The fraction of sp³-hybridized carbons (Fsp3) is 0.222. The number of fused-ring (bicyclic) bond motifs is 1. The number of aryl methyl sites for hydroxylation is 1. The average Bonchev–Trinajstić information content (AvgIpc) is 3.31. The molecule has 8 heteroatoms. The maximum atomic E-state index is 9.27. The van der Waals surface area contributed by atoms with Crippen molar-refractivity contribution in [1.82, 2.24) is 9.97 Å². The van der Waals surface area contributed by atoms with Crippen molar-refractivity contribution >= 4 is 39.9 Å². The minimum atomic E-state index is -0.181. The number of aliphatic hydroxyl groups is 1. The Morgan fingerprint density at radius 3 is 2.80 bits per heavy atom. The summed E-state index contributed by atoms with van der Waals surface area (Å²) >= 11 is 6.51. The summed E-state index contributed by atoms with van der Waals surface area (Å²) in [4.78, 5) is 13.2. The van der Waals surface area contributed by atoms with Crippen molar-refractivity contribution in [2.24, 2.45) is 4.99 Å². The lowest BCUT2D eigenvalue weighted by atomic mass is 10.1. The number of hydrogen-bond acceptors (Lipinski definition) is 7. The monoisotopic (exact) mass is 488 g/mol. The van der Waals surface area contributed by atoms with Crippen LogP contribution in [0, 0.1) is 6.92 Å². The molecule has 1 atom stereocenters. The molecule has 0 aliphatic carbocycles.